The summed E-state index contributed by atoms with van der Waals surface area (Å²) >= 11 is 0. The third kappa shape index (κ3) is 5.20. The first-order valence-electron chi connectivity index (χ1n) is 10.9. The molecule has 1 aromatic heterocycles. The Morgan fingerprint density at radius 2 is 1.70 bits per heavy atom. The number of anilines is 1. The number of carbonyl (C=O) groups is 1. The Morgan fingerprint density at radius 3 is 2.37 bits per heavy atom. The van der Waals surface area contributed by atoms with E-state index in [1.165, 1.54) is 19.3 Å². The second-order valence-corrected chi connectivity index (χ2v) is 7.99. The number of para-hydroxylation sites is 1. The zero-order chi connectivity index (χ0) is 20.8. The van der Waals surface area contributed by atoms with Crippen molar-refractivity contribution in [2.45, 2.75) is 51.2 Å². The fraction of sp³-hybridized carbons (Fsp3) is 0.522. The number of hydrogen-bond acceptors (Lipinski definition) is 6. The standard InChI is InChI=1S/C23H30N4O3/c1-18(29-19-8-4-2-5-9-19)23(28)27-16-14-26(15-17-27)21-12-13-22(25-24-21)30-20-10-6-3-7-11-20/h2,4-5,8-9,12-13,18,20H,3,6-7,10-11,14-17H2,1H3. The van der Waals surface area contributed by atoms with Crippen LogP contribution in [0.25, 0.3) is 0 Å². The summed E-state index contributed by atoms with van der Waals surface area (Å²) < 4.78 is 11.7. The van der Waals surface area contributed by atoms with Crippen LogP contribution in [0, 0.1) is 0 Å². The van der Waals surface area contributed by atoms with Crippen LogP contribution in [-0.2, 0) is 4.79 Å². The molecule has 30 heavy (non-hydrogen) atoms. The molecule has 1 aliphatic carbocycles. The Bertz CT molecular complexity index is 801. The first-order chi connectivity index (χ1) is 14.7. The zero-order valence-corrected chi connectivity index (χ0v) is 17.6. The van der Waals surface area contributed by atoms with Gasteiger partial charge < -0.3 is 19.3 Å². The predicted molar refractivity (Wildman–Crippen MR) is 115 cm³/mol. The van der Waals surface area contributed by atoms with Gasteiger partial charge in [0.1, 0.15) is 11.9 Å². The molecule has 0 spiro atoms. The summed E-state index contributed by atoms with van der Waals surface area (Å²) in [4.78, 5) is 16.7. The van der Waals surface area contributed by atoms with Gasteiger partial charge >= 0.3 is 0 Å². The van der Waals surface area contributed by atoms with E-state index in [1.807, 2.05) is 47.4 Å². The highest BCUT2D eigenvalue weighted by atomic mass is 16.5. The van der Waals surface area contributed by atoms with Crippen molar-refractivity contribution in [2.24, 2.45) is 0 Å². The van der Waals surface area contributed by atoms with Crippen LogP contribution in [0.3, 0.4) is 0 Å². The van der Waals surface area contributed by atoms with Gasteiger partial charge in [0, 0.05) is 32.2 Å². The van der Waals surface area contributed by atoms with Crippen molar-refractivity contribution in [3.05, 3.63) is 42.5 Å². The fourth-order valence-electron chi connectivity index (χ4n) is 4.06. The highest BCUT2D eigenvalue weighted by Crippen LogP contribution is 2.23. The molecule has 160 valence electrons. The van der Waals surface area contributed by atoms with E-state index in [2.05, 4.69) is 15.1 Å². The Hall–Kier alpha value is -2.83. The average Bonchev–Trinajstić information content (AvgIpc) is 2.80. The minimum Gasteiger partial charge on any atom is -0.481 e. The molecule has 1 amide bonds. The summed E-state index contributed by atoms with van der Waals surface area (Å²) in [5.74, 6) is 2.15. The van der Waals surface area contributed by atoms with Gasteiger partial charge in [-0.3, -0.25) is 4.79 Å². The van der Waals surface area contributed by atoms with Gasteiger partial charge in [0.05, 0.1) is 0 Å². The van der Waals surface area contributed by atoms with Crippen molar-refractivity contribution < 1.29 is 14.3 Å². The van der Waals surface area contributed by atoms with E-state index >= 15 is 0 Å². The Labute approximate surface area is 178 Å². The van der Waals surface area contributed by atoms with Crippen LogP contribution in [0.4, 0.5) is 5.82 Å². The van der Waals surface area contributed by atoms with Crippen molar-refractivity contribution >= 4 is 11.7 Å². The van der Waals surface area contributed by atoms with Gasteiger partial charge in [-0.25, -0.2) is 0 Å². The molecule has 1 atom stereocenters. The summed E-state index contributed by atoms with van der Waals surface area (Å²) in [6.45, 7) is 4.54. The number of carbonyl (C=O) groups excluding carboxylic acids is 1. The van der Waals surface area contributed by atoms with Crippen molar-refractivity contribution in [1.82, 2.24) is 15.1 Å². The van der Waals surface area contributed by atoms with Gasteiger partial charge in [0.15, 0.2) is 11.9 Å². The number of nitrogens with zero attached hydrogens (tertiary/aromatic N) is 4. The van der Waals surface area contributed by atoms with E-state index in [0.29, 0.717) is 24.7 Å². The lowest BCUT2D eigenvalue weighted by atomic mass is 9.98. The number of aromatic nitrogens is 2. The van der Waals surface area contributed by atoms with E-state index in [0.717, 1.165) is 31.7 Å². The summed E-state index contributed by atoms with van der Waals surface area (Å²) in [6.07, 6.45) is 5.74. The van der Waals surface area contributed by atoms with Crippen LogP contribution < -0.4 is 14.4 Å². The van der Waals surface area contributed by atoms with Crippen molar-refractivity contribution in [1.29, 1.82) is 0 Å². The van der Waals surface area contributed by atoms with Gasteiger partial charge in [-0.05, 0) is 50.8 Å². The van der Waals surface area contributed by atoms with E-state index in [-0.39, 0.29) is 12.0 Å². The maximum absolute atomic E-state index is 12.7. The number of amides is 1. The highest BCUT2D eigenvalue weighted by Gasteiger charge is 2.26. The number of rotatable bonds is 6. The molecule has 0 bridgehead atoms. The van der Waals surface area contributed by atoms with E-state index in [9.17, 15) is 4.79 Å². The maximum atomic E-state index is 12.7. The van der Waals surface area contributed by atoms with Crippen LogP contribution in [0.2, 0.25) is 0 Å². The molecule has 2 aliphatic rings. The zero-order valence-electron chi connectivity index (χ0n) is 17.6. The van der Waals surface area contributed by atoms with Gasteiger partial charge in [0.2, 0.25) is 5.88 Å². The minimum absolute atomic E-state index is 0.0146. The lowest BCUT2D eigenvalue weighted by Crippen LogP contribution is -2.52. The molecule has 2 aromatic rings. The summed E-state index contributed by atoms with van der Waals surface area (Å²) in [7, 11) is 0. The number of ether oxygens (including phenoxy) is 2. The first kappa shape index (κ1) is 20.4. The maximum Gasteiger partial charge on any atom is 0.263 e. The molecule has 4 rings (SSSR count). The molecule has 0 radical (unpaired) electrons. The summed E-state index contributed by atoms with van der Waals surface area (Å²) in [6, 6.07) is 13.3. The topological polar surface area (TPSA) is 67.8 Å². The molecular formula is C23H30N4O3. The van der Waals surface area contributed by atoms with Crippen LogP contribution in [0.5, 0.6) is 11.6 Å². The van der Waals surface area contributed by atoms with Gasteiger partial charge in [-0.15, -0.1) is 10.2 Å². The van der Waals surface area contributed by atoms with Crippen LogP contribution in [0.15, 0.2) is 42.5 Å². The molecule has 1 aromatic carbocycles. The molecule has 7 nitrogen and oxygen atoms in total. The average molecular weight is 411 g/mol. The van der Waals surface area contributed by atoms with E-state index in [1.54, 1.807) is 6.92 Å². The van der Waals surface area contributed by atoms with E-state index in [4.69, 9.17) is 9.47 Å². The Morgan fingerprint density at radius 1 is 0.967 bits per heavy atom. The van der Waals surface area contributed by atoms with Crippen LogP contribution in [0.1, 0.15) is 39.0 Å². The normalized spacial score (nSPS) is 18.7. The lowest BCUT2D eigenvalue weighted by Gasteiger charge is -2.36. The number of hydrogen-bond donors (Lipinski definition) is 0. The van der Waals surface area contributed by atoms with Gasteiger partial charge in [-0.2, -0.15) is 0 Å². The summed E-state index contributed by atoms with van der Waals surface area (Å²) in [5, 5.41) is 8.61. The number of piperazine rings is 1. The van der Waals surface area contributed by atoms with Gasteiger partial charge in [-0.1, -0.05) is 24.6 Å². The molecule has 1 saturated carbocycles. The molecule has 2 fully saturated rings. The largest absolute Gasteiger partial charge is 0.481 e. The Kier molecular flexibility index (Phi) is 6.67. The first-order valence-corrected chi connectivity index (χ1v) is 10.9. The van der Waals surface area contributed by atoms with Crippen molar-refractivity contribution in [3.63, 3.8) is 0 Å². The second kappa shape index (κ2) is 9.78. The van der Waals surface area contributed by atoms with E-state index < -0.39 is 6.10 Å². The predicted octanol–water partition coefficient (Wildman–Crippen LogP) is 3.30. The van der Waals surface area contributed by atoms with Gasteiger partial charge in [0.25, 0.3) is 5.91 Å². The third-order valence-electron chi connectivity index (χ3n) is 5.78. The molecular weight excluding hydrogens is 380 g/mol. The molecule has 0 N–H and O–H groups in total. The molecule has 1 unspecified atom stereocenters. The Balaban J connectivity index is 1.26. The third-order valence-corrected chi connectivity index (χ3v) is 5.78. The SMILES string of the molecule is CC(Oc1ccccc1)C(=O)N1CCN(c2ccc(OC3CCCCC3)nn2)CC1. The van der Waals surface area contributed by atoms with Crippen molar-refractivity contribution in [2.75, 3.05) is 31.1 Å². The number of benzene rings is 1. The minimum atomic E-state index is -0.505. The molecule has 7 heteroatoms. The second-order valence-electron chi connectivity index (χ2n) is 7.99. The molecule has 1 saturated heterocycles. The smallest absolute Gasteiger partial charge is 0.263 e. The quantitative estimate of drug-likeness (QED) is 0.728. The molecule has 2 heterocycles. The lowest BCUT2D eigenvalue weighted by molar-refractivity contribution is -0.138. The van der Waals surface area contributed by atoms with Crippen molar-refractivity contribution in [3.8, 4) is 11.6 Å². The van der Waals surface area contributed by atoms with Crippen LogP contribution >= 0.6 is 0 Å². The van der Waals surface area contributed by atoms with Crippen LogP contribution in [-0.4, -0.2) is 59.4 Å². The monoisotopic (exact) mass is 410 g/mol. The highest BCUT2D eigenvalue weighted by molar-refractivity contribution is 5.81. The fourth-order valence-corrected chi connectivity index (χ4v) is 4.06. The summed E-state index contributed by atoms with van der Waals surface area (Å²) in [5.41, 5.74) is 0. The molecule has 1 aliphatic heterocycles.